The van der Waals surface area contributed by atoms with Gasteiger partial charge in [-0.25, -0.2) is 9.78 Å². The molecule has 1 fully saturated rings. The van der Waals surface area contributed by atoms with Gasteiger partial charge < -0.3 is 23.9 Å². The van der Waals surface area contributed by atoms with Crippen molar-refractivity contribution in [3.8, 4) is 17.1 Å². The molecule has 1 aliphatic heterocycles. The van der Waals surface area contributed by atoms with Gasteiger partial charge in [0.05, 0.1) is 38.1 Å². The molecule has 2 aromatic carbocycles. The average Bonchev–Trinajstić information content (AvgIpc) is 3.53. The topological polar surface area (TPSA) is 99.9 Å². The van der Waals surface area contributed by atoms with E-state index in [1.165, 1.54) is 6.39 Å². The summed E-state index contributed by atoms with van der Waals surface area (Å²) in [5.41, 5.74) is 3.43. The molecule has 34 heavy (non-hydrogen) atoms. The molecule has 1 aromatic heterocycles. The lowest BCUT2D eigenvalue weighted by molar-refractivity contribution is -0.117. The van der Waals surface area contributed by atoms with Crippen molar-refractivity contribution in [2.45, 2.75) is 38.3 Å². The molecule has 2 heterocycles. The summed E-state index contributed by atoms with van der Waals surface area (Å²) < 4.78 is 21.4. The van der Waals surface area contributed by atoms with Crippen molar-refractivity contribution in [1.29, 1.82) is 0 Å². The monoisotopic (exact) mass is 464 g/mol. The van der Waals surface area contributed by atoms with Gasteiger partial charge in [0, 0.05) is 19.3 Å². The van der Waals surface area contributed by atoms with E-state index < -0.39 is 6.09 Å². The zero-order chi connectivity index (χ0) is 23.9. The van der Waals surface area contributed by atoms with E-state index in [0.29, 0.717) is 31.1 Å². The zero-order valence-corrected chi connectivity index (χ0v) is 19.3. The average molecular weight is 465 g/mol. The predicted molar refractivity (Wildman–Crippen MR) is 125 cm³/mol. The number of alkyl carbamates (subject to hydrolysis) is 1. The van der Waals surface area contributed by atoms with E-state index in [1.807, 2.05) is 49.4 Å². The second-order valence-corrected chi connectivity index (χ2v) is 8.29. The molecule has 1 saturated heterocycles. The maximum atomic E-state index is 12.8. The van der Waals surface area contributed by atoms with Crippen molar-refractivity contribution in [2.75, 3.05) is 20.3 Å². The molecular weight excluding hydrogens is 436 g/mol. The SMILES string of the molecule is COc1cc(CC(=O)Cc2cccc(C(C)NC(=O)O[C@H]3CCOC3)c2)ccc1-c1cnco1. The van der Waals surface area contributed by atoms with Gasteiger partial charge in [0.1, 0.15) is 17.6 Å². The number of nitrogens with zero attached hydrogens (tertiary/aromatic N) is 1. The Morgan fingerprint density at radius 3 is 2.71 bits per heavy atom. The Bertz CT molecular complexity index is 1120. The quantitative estimate of drug-likeness (QED) is 0.504. The number of amides is 1. The molecule has 0 spiro atoms. The van der Waals surface area contributed by atoms with Crippen LogP contribution in [0.5, 0.6) is 5.75 Å². The van der Waals surface area contributed by atoms with E-state index in [1.54, 1.807) is 13.3 Å². The number of hydrogen-bond acceptors (Lipinski definition) is 7. The first kappa shape index (κ1) is 23.5. The Morgan fingerprint density at radius 1 is 1.18 bits per heavy atom. The van der Waals surface area contributed by atoms with E-state index >= 15 is 0 Å². The van der Waals surface area contributed by atoms with E-state index in [9.17, 15) is 9.59 Å². The molecule has 1 amide bonds. The molecule has 8 nitrogen and oxygen atoms in total. The van der Waals surface area contributed by atoms with Crippen LogP contribution in [0.1, 0.15) is 36.1 Å². The van der Waals surface area contributed by atoms with Crippen LogP contribution in [-0.4, -0.2) is 43.3 Å². The van der Waals surface area contributed by atoms with Gasteiger partial charge in [0.2, 0.25) is 0 Å². The summed E-state index contributed by atoms with van der Waals surface area (Å²) in [5.74, 6) is 1.31. The van der Waals surface area contributed by atoms with Gasteiger partial charge in [-0.3, -0.25) is 4.79 Å². The summed E-state index contributed by atoms with van der Waals surface area (Å²) in [7, 11) is 1.58. The predicted octanol–water partition coefficient (Wildman–Crippen LogP) is 4.28. The summed E-state index contributed by atoms with van der Waals surface area (Å²) in [6.45, 7) is 2.94. The van der Waals surface area contributed by atoms with Crippen LogP contribution in [0.25, 0.3) is 11.3 Å². The van der Waals surface area contributed by atoms with Crippen LogP contribution >= 0.6 is 0 Å². The Morgan fingerprint density at radius 2 is 2.00 bits per heavy atom. The van der Waals surface area contributed by atoms with Crippen LogP contribution in [0.3, 0.4) is 0 Å². The zero-order valence-electron chi connectivity index (χ0n) is 19.3. The van der Waals surface area contributed by atoms with E-state index in [0.717, 1.165) is 22.3 Å². The number of oxazole rings is 1. The minimum atomic E-state index is -0.466. The number of methoxy groups -OCH3 is 1. The Labute approximate surface area is 198 Å². The Balaban J connectivity index is 1.35. The lowest BCUT2D eigenvalue weighted by Crippen LogP contribution is -2.31. The van der Waals surface area contributed by atoms with Crippen molar-refractivity contribution in [1.82, 2.24) is 10.3 Å². The fraction of sp³-hybridized carbons (Fsp3) is 0.346. The van der Waals surface area contributed by atoms with Crippen LogP contribution in [0.15, 0.2) is 59.5 Å². The summed E-state index contributed by atoms with van der Waals surface area (Å²) >= 11 is 0. The number of aromatic nitrogens is 1. The number of ether oxygens (including phenoxy) is 3. The number of carbonyl (C=O) groups excluding carboxylic acids is 2. The standard InChI is InChI=1S/C26H28N2O6/c1-17(28-26(30)34-22-8-9-32-15-22)20-5-3-4-18(10-20)11-21(29)12-19-6-7-23(24(13-19)31-2)25-14-27-16-33-25/h3-7,10,13-14,16-17,22H,8-9,11-12,15H2,1-2H3,(H,28,30)/t17?,22-/m0/s1. The Hall–Kier alpha value is -3.65. The van der Waals surface area contributed by atoms with E-state index in [-0.39, 0.29) is 30.8 Å². The highest BCUT2D eigenvalue weighted by Gasteiger charge is 2.21. The van der Waals surface area contributed by atoms with E-state index in [4.69, 9.17) is 18.6 Å². The number of carbonyl (C=O) groups is 2. The van der Waals surface area contributed by atoms with Crippen LogP contribution in [-0.2, 0) is 27.1 Å². The maximum absolute atomic E-state index is 12.8. The fourth-order valence-electron chi connectivity index (χ4n) is 3.94. The van der Waals surface area contributed by atoms with E-state index in [2.05, 4.69) is 10.3 Å². The second kappa shape index (κ2) is 11.0. The second-order valence-electron chi connectivity index (χ2n) is 8.29. The first-order chi connectivity index (χ1) is 16.5. The Kier molecular flexibility index (Phi) is 7.59. The third-order valence-corrected chi connectivity index (χ3v) is 5.71. The third-order valence-electron chi connectivity index (χ3n) is 5.71. The first-order valence-electron chi connectivity index (χ1n) is 11.2. The number of ketones is 1. The molecule has 0 saturated carbocycles. The summed E-state index contributed by atoms with van der Waals surface area (Å²) in [4.78, 5) is 28.9. The van der Waals surface area contributed by atoms with Gasteiger partial charge >= 0.3 is 6.09 Å². The van der Waals surface area contributed by atoms with Gasteiger partial charge in [-0.05, 0) is 35.7 Å². The van der Waals surface area contributed by atoms with Crippen molar-refractivity contribution in [3.63, 3.8) is 0 Å². The van der Waals surface area contributed by atoms with Crippen molar-refractivity contribution in [3.05, 3.63) is 71.7 Å². The highest BCUT2D eigenvalue weighted by Crippen LogP contribution is 2.31. The molecule has 8 heteroatoms. The summed E-state index contributed by atoms with van der Waals surface area (Å²) in [6, 6.07) is 13.0. The van der Waals surface area contributed by atoms with Gasteiger partial charge in [0.25, 0.3) is 0 Å². The number of nitrogens with one attached hydrogen (secondary N) is 1. The van der Waals surface area contributed by atoms with Crippen LogP contribution in [0.2, 0.25) is 0 Å². The first-order valence-corrected chi connectivity index (χ1v) is 11.2. The molecule has 0 aliphatic carbocycles. The molecule has 0 bridgehead atoms. The van der Waals surface area contributed by atoms with Gasteiger partial charge in [0.15, 0.2) is 12.2 Å². The molecule has 2 atom stereocenters. The summed E-state index contributed by atoms with van der Waals surface area (Å²) in [6.07, 6.45) is 3.61. The number of hydrogen-bond donors (Lipinski definition) is 1. The molecule has 178 valence electrons. The normalized spacial score (nSPS) is 16.1. The van der Waals surface area contributed by atoms with Gasteiger partial charge in [-0.2, -0.15) is 0 Å². The van der Waals surface area contributed by atoms with Crippen LogP contribution in [0.4, 0.5) is 4.79 Å². The summed E-state index contributed by atoms with van der Waals surface area (Å²) in [5, 5.41) is 2.85. The van der Waals surface area contributed by atoms with Crippen LogP contribution in [0, 0.1) is 0 Å². The highest BCUT2D eigenvalue weighted by molar-refractivity contribution is 5.83. The molecule has 1 aliphatic rings. The highest BCUT2D eigenvalue weighted by atomic mass is 16.6. The molecule has 0 radical (unpaired) electrons. The minimum absolute atomic E-state index is 0.0767. The molecular formula is C26H28N2O6. The molecule has 3 aromatic rings. The fourth-order valence-corrected chi connectivity index (χ4v) is 3.94. The molecule has 1 unspecified atom stereocenters. The van der Waals surface area contributed by atoms with Crippen molar-refractivity contribution in [2.24, 2.45) is 0 Å². The molecule has 1 N–H and O–H groups in total. The number of benzene rings is 2. The van der Waals surface area contributed by atoms with Crippen molar-refractivity contribution >= 4 is 11.9 Å². The van der Waals surface area contributed by atoms with Crippen LogP contribution < -0.4 is 10.1 Å². The number of rotatable bonds is 9. The van der Waals surface area contributed by atoms with Gasteiger partial charge in [-0.15, -0.1) is 0 Å². The largest absolute Gasteiger partial charge is 0.496 e. The van der Waals surface area contributed by atoms with Gasteiger partial charge in [-0.1, -0.05) is 30.3 Å². The maximum Gasteiger partial charge on any atom is 0.407 e. The lowest BCUT2D eigenvalue weighted by Gasteiger charge is -2.17. The number of Topliss-reactive ketones (excluding diaryl/α,β-unsaturated/α-hetero) is 1. The lowest BCUT2D eigenvalue weighted by atomic mass is 9.98. The minimum Gasteiger partial charge on any atom is -0.496 e. The van der Waals surface area contributed by atoms with Crippen molar-refractivity contribution < 1.29 is 28.2 Å². The third kappa shape index (κ3) is 6.02. The smallest absolute Gasteiger partial charge is 0.407 e. The molecule has 4 rings (SSSR count).